The molecule has 0 bridgehead atoms. The summed E-state index contributed by atoms with van der Waals surface area (Å²) in [5.41, 5.74) is 0. The lowest BCUT2D eigenvalue weighted by atomic mass is 10.5. The molecule has 78 valence electrons. The van der Waals surface area contributed by atoms with Gasteiger partial charge in [0.15, 0.2) is 0 Å². The molecular formula is C9H11Cl2NOS. The molecule has 0 unspecified atom stereocenters. The summed E-state index contributed by atoms with van der Waals surface area (Å²) in [6.45, 7) is 1.30. The van der Waals surface area contributed by atoms with E-state index < -0.39 is 0 Å². The fraction of sp³-hybridized carbons (Fsp3) is 0.444. The van der Waals surface area contributed by atoms with E-state index in [1.165, 1.54) is 0 Å². The molecule has 1 aromatic heterocycles. The maximum atomic E-state index is 5.70. The number of ether oxygens (including phenoxy) is 1. The van der Waals surface area contributed by atoms with E-state index >= 15 is 0 Å². The Morgan fingerprint density at radius 3 is 2.86 bits per heavy atom. The van der Waals surface area contributed by atoms with E-state index in [0.717, 1.165) is 10.8 Å². The molecule has 0 fully saturated rings. The molecule has 5 heteroatoms. The van der Waals surface area contributed by atoms with Crippen LogP contribution < -0.4 is 0 Å². The van der Waals surface area contributed by atoms with Crippen LogP contribution in [0.15, 0.2) is 23.4 Å². The Kier molecular flexibility index (Phi) is 6.36. The van der Waals surface area contributed by atoms with Gasteiger partial charge >= 0.3 is 0 Å². The number of halogens is 2. The average Bonchev–Trinajstić information content (AvgIpc) is 2.21. The van der Waals surface area contributed by atoms with Crippen molar-refractivity contribution in [3.63, 3.8) is 0 Å². The van der Waals surface area contributed by atoms with Crippen molar-refractivity contribution >= 4 is 35.0 Å². The van der Waals surface area contributed by atoms with Crippen molar-refractivity contribution in [3.8, 4) is 0 Å². The number of pyridine rings is 1. The molecule has 0 aliphatic carbocycles. The molecule has 0 saturated carbocycles. The number of rotatable bonds is 6. The summed E-state index contributed by atoms with van der Waals surface area (Å²) < 4.78 is 5.22. The second kappa shape index (κ2) is 7.35. The minimum Gasteiger partial charge on any atom is -0.379 e. The smallest absolute Gasteiger partial charge is 0.0961 e. The minimum atomic E-state index is 0.545. The SMILES string of the molecule is ClCCOCCSc1ccc(Cl)cn1. The van der Waals surface area contributed by atoms with E-state index in [-0.39, 0.29) is 0 Å². The van der Waals surface area contributed by atoms with E-state index in [9.17, 15) is 0 Å². The fourth-order valence-corrected chi connectivity index (χ4v) is 1.73. The maximum absolute atomic E-state index is 5.70. The van der Waals surface area contributed by atoms with Gasteiger partial charge in [-0.3, -0.25) is 0 Å². The molecule has 0 radical (unpaired) electrons. The zero-order valence-electron chi connectivity index (χ0n) is 7.58. The molecule has 0 saturated heterocycles. The topological polar surface area (TPSA) is 22.1 Å². The van der Waals surface area contributed by atoms with Gasteiger partial charge in [0.2, 0.25) is 0 Å². The van der Waals surface area contributed by atoms with Gasteiger partial charge in [0.25, 0.3) is 0 Å². The lowest BCUT2D eigenvalue weighted by Gasteiger charge is -2.01. The number of hydrogen-bond donors (Lipinski definition) is 0. The first kappa shape index (κ1) is 12.1. The van der Waals surface area contributed by atoms with Crippen LogP contribution in [0.1, 0.15) is 0 Å². The molecular weight excluding hydrogens is 241 g/mol. The van der Waals surface area contributed by atoms with Crippen molar-refractivity contribution in [2.75, 3.05) is 24.8 Å². The molecule has 0 aromatic carbocycles. The average molecular weight is 252 g/mol. The summed E-state index contributed by atoms with van der Waals surface area (Å²) in [5, 5.41) is 1.62. The molecule has 0 spiro atoms. The maximum Gasteiger partial charge on any atom is 0.0961 e. The number of hydrogen-bond acceptors (Lipinski definition) is 3. The molecule has 0 aliphatic heterocycles. The van der Waals surface area contributed by atoms with Gasteiger partial charge in [0.05, 0.1) is 23.3 Å². The number of aromatic nitrogens is 1. The Balaban J connectivity index is 2.15. The van der Waals surface area contributed by atoms with Crippen molar-refractivity contribution in [2.45, 2.75) is 5.03 Å². The highest BCUT2D eigenvalue weighted by molar-refractivity contribution is 7.99. The van der Waals surface area contributed by atoms with Gasteiger partial charge in [-0.15, -0.1) is 23.4 Å². The Morgan fingerprint density at radius 1 is 1.36 bits per heavy atom. The molecule has 1 rings (SSSR count). The molecule has 1 heterocycles. The lowest BCUT2D eigenvalue weighted by molar-refractivity contribution is 0.166. The standard InChI is InChI=1S/C9H11Cl2NOS/c10-3-4-13-5-6-14-9-2-1-8(11)7-12-9/h1-2,7H,3-6H2. The fourth-order valence-electron chi connectivity index (χ4n) is 0.809. The lowest BCUT2D eigenvalue weighted by Crippen LogP contribution is -1.99. The Labute approximate surface area is 98.0 Å². The van der Waals surface area contributed by atoms with Crippen LogP contribution in [0.3, 0.4) is 0 Å². The predicted molar refractivity (Wildman–Crippen MR) is 61.5 cm³/mol. The van der Waals surface area contributed by atoms with Crippen molar-refractivity contribution < 1.29 is 4.74 Å². The molecule has 2 nitrogen and oxygen atoms in total. The Bertz CT molecular complexity index is 255. The molecule has 0 aliphatic rings. The highest BCUT2D eigenvalue weighted by Gasteiger charge is 1.95. The minimum absolute atomic E-state index is 0.545. The molecule has 0 atom stereocenters. The summed E-state index contributed by atoms with van der Waals surface area (Å²) in [5.74, 6) is 1.43. The van der Waals surface area contributed by atoms with E-state index in [1.807, 2.05) is 12.1 Å². The first-order chi connectivity index (χ1) is 6.83. The van der Waals surface area contributed by atoms with Crippen LogP contribution in [-0.2, 0) is 4.74 Å². The van der Waals surface area contributed by atoms with Crippen LogP contribution in [0.4, 0.5) is 0 Å². The summed E-state index contributed by atoms with van der Waals surface area (Å²) in [6, 6.07) is 3.73. The zero-order valence-corrected chi connectivity index (χ0v) is 9.91. The van der Waals surface area contributed by atoms with Crippen molar-refractivity contribution in [2.24, 2.45) is 0 Å². The van der Waals surface area contributed by atoms with Crippen LogP contribution in [0.2, 0.25) is 5.02 Å². The monoisotopic (exact) mass is 251 g/mol. The van der Waals surface area contributed by atoms with Gasteiger partial charge in [-0.25, -0.2) is 4.98 Å². The molecule has 0 N–H and O–H groups in total. The zero-order chi connectivity index (χ0) is 10.2. The van der Waals surface area contributed by atoms with Crippen LogP contribution in [0.5, 0.6) is 0 Å². The van der Waals surface area contributed by atoms with E-state index in [1.54, 1.807) is 18.0 Å². The van der Waals surface area contributed by atoms with Gasteiger partial charge in [-0.2, -0.15) is 0 Å². The third-order valence-electron chi connectivity index (χ3n) is 1.40. The van der Waals surface area contributed by atoms with Gasteiger partial charge in [-0.05, 0) is 12.1 Å². The van der Waals surface area contributed by atoms with E-state index in [0.29, 0.717) is 24.1 Å². The summed E-state index contributed by atoms with van der Waals surface area (Å²) in [4.78, 5) is 4.15. The summed E-state index contributed by atoms with van der Waals surface area (Å²) in [6.07, 6.45) is 1.64. The summed E-state index contributed by atoms with van der Waals surface area (Å²) >= 11 is 12.8. The van der Waals surface area contributed by atoms with Crippen molar-refractivity contribution in [1.82, 2.24) is 4.98 Å². The highest BCUT2D eigenvalue weighted by Crippen LogP contribution is 2.16. The molecule has 1 aromatic rings. The van der Waals surface area contributed by atoms with Crippen molar-refractivity contribution in [3.05, 3.63) is 23.4 Å². The van der Waals surface area contributed by atoms with Gasteiger partial charge in [-0.1, -0.05) is 11.6 Å². The second-order valence-corrected chi connectivity index (χ2v) is 4.39. The summed E-state index contributed by atoms with van der Waals surface area (Å²) in [7, 11) is 0. The van der Waals surface area contributed by atoms with E-state index in [2.05, 4.69) is 4.98 Å². The number of thioether (sulfide) groups is 1. The Morgan fingerprint density at radius 2 is 2.21 bits per heavy atom. The van der Waals surface area contributed by atoms with Crippen LogP contribution >= 0.6 is 35.0 Å². The molecule has 0 amide bonds. The quantitative estimate of drug-likeness (QED) is 0.441. The molecule has 14 heavy (non-hydrogen) atoms. The van der Waals surface area contributed by atoms with Gasteiger partial charge in [0, 0.05) is 17.8 Å². The number of alkyl halides is 1. The van der Waals surface area contributed by atoms with Crippen LogP contribution in [0.25, 0.3) is 0 Å². The largest absolute Gasteiger partial charge is 0.379 e. The Hall–Kier alpha value is 0.0400. The van der Waals surface area contributed by atoms with Crippen LogP contribution in [-0.4, -0.2) is 29.8 Å². The highest BCUT2D eigenvalue weighted by atomic mass is 35.5. The first-order valence-electron chi connectivity index (χ1n) is 4.21. The third-order valence-corrected chi connectivity index (χ3v) is 2.69. The van der Waals surface area contributed by atoms with Crippen LogP contribution in [0, 0.1) is 0 Å². The predicted octanol–water partition coefficient (Wildman–Crippen LogP) is 3.08. The van der Waals surface area contributed by atoms with Crippen molar-refractivity contribution in [1.29, 1.82) is 0 Å². The van der Waals surface area contributed by atoms with Gasteiger partial charge in [0.1, 0.15) is 0 Å². The third kappa shape index (κ3) is 5.05. The normalized spacial score (nSPS) is 10.4. The van der Waals surface area contributed by atoms with Gasteiger partial charge < -0.3 is 4.74 Å². The van der Waals surface area contributed by atoms with E-state index in [4.69, 9.17) is 27.9 Å². The first-order valence-corrected chi connectivity index (χ1v) is 6.11. The second-order valence-electron chi connectivity index (χ2n) is 2.46. The number of nitrogens with zero attached hydrogens (tertiary/aromatic N) is 1.